The fourth-order valence-electron chi connectivity index (χ4n) is 2.19. The van der Waals surface area contributed by atoms with Crippen molar-refractivity contribution >= 4 is 22.0 Å². The highest BCUT2D eigenvalue weighted by Gasteiger charge is 2.15. The van der Waals surface area contributed by atoms with Crippen LogP contribution in [0.1, 0.15) is 23.6 Å². The van der Waals surface area contributed by atoms with E-state index in [1.807, 2.05) is 36.4 Å². The fourth-order valence-corrected chi connectivity index (χ4v) is 2.38. The molecule has 1 amide bonds. The molecule has 0 saturated carbocycles. The topological polar surface area (TPSA) is 38.3 Å². The Morgan fingerprint density at radius 3 is 2.52 bits per heavy atom. The summed E-state index contributed by atoms with van der Waals surface area (Å²) in [5, 5.41) is 2.82. The molecule has 0 fully saturated rings. The summed E-state index contributed by atoms with van der Waals surface area (Å²) >= 11 is 3.36. The van der Waals surface area contributed by atoms with E-state index >= 15 is 0 Å². The number of ether oxygens (including phenoxy) is 1. The molecule has 0 aliphatic heterocycles. The lowest BCUT2D eigenvalue weighted by atomic mass is 10.0. The van der Waals surface area contributed by atoms with E-state index in [2.05, 4.69) is 27.8 Å². The lowest BCUT2D eigenvalue weighted by Gasteiger charge is -2.18. The van der Waals surface area contributed by atoms with Crippen LogP contribution < -0.4 is 5.32 Å². The van der Waals surface area contributed by atoms with Gasteiger partial charge < -0.3 is 10.1 Å². The van der Waals surface area contributed by atoms with E-state index in [1.54, 1.807) is 18.2 Å². The molecule has 1 N–H and O–H groups in total. The third-order valence-corrected chi connectivity index (χ3v) is 4.17. The summed E-state index contributed by atoms with van der Waals surface area (Å²) in [5.41, 5.74) is 1.70. The SMILES string of the molecule is C=C/C(Br)=C/CC(NC(=O)OCc1ccccc1)c1ccc(F)cc1. The second-order valence-electron chi connectivity index (χ2n) is 5.34. The number of nitrogens with one attached hydrogen (secondary N) is 1. The summed E-state index contributed by atoms with van der Waals surface area (Å²) in [6.45, 7) is 3.86. The predicted octanol–water partition coefficient (Wildman–Crippen LogP) is 5.65. The summed E-state index contributed by atoms with van der Waals surface area (Å²) in [4.78, 5) is 12.1. The predicted molar refractivity (Wildman–Crippen MR) is 101 cm³/mol. The molecular weight excluding hydrogens is 385 g/mol. The van der Waals surface area contributed by atoms with Gasteiger partial charge in [0.25, 0.3) is 0 Å². The molecule has 1 atom stereocenters. The minimum Gasteiger partial charge on any atom is -0.445 e. The Morgan fingerprint density at radius 2 is 1.88 bits per heavy atom. The first-order valence-corrected chi connectivity index (χ1v) is 8.58. The summed E-state index contributed by atoms with van der Waals surface area (Å²) in [5.74, 6) is -0.322. The van der Waals surface area contributed by atoms with Gasteiger partial charge in [-0.15, -0.1) is 0 Å². The number of hydrogen-bond donors (Lipinski definition) is 1. The Morgan fingerprint density at radius 1 is 1.20 bits per heavy atom. The Labute approximate surface area is 155 Å². The van der Waals surface area contributed by atoms with Crippen LogP contribution in [0.4, 0.5) is 9.18 Å². The summed E-state index contributed by atoms with van der Waals surface area (Å²) < 4.78 is 19.2. The van der Waals surface area contributed by atoms with Crippen molar-refractivity contribution in [3.05, 3.63) is 94.8 Å². The van der Waals surface area contributed by atoms with E-state index in [-0.39, 0.29) is 18.5 Å². The number of rotatable bonds is 7. The van der Waals surface area contributed by atoms with Crippen LogP contribution in [0.15, 0.2) is 77.8 Å². The largest absolute Gasteiger partial charge is 0.445 e. The number of halogens is 2. The summed E-state index contributed by atoms with van der Waals surface area (Å²) in [6.07, 6.45) is 3.54. The van der Waals surface area contributed by atoms with Crippen LogP contribution in [0.3, 0.4) is 0 Å². The van der Waals surface area contributed by atoms with Gasteiger partial charge in [-0.3, -0.25) is 0 Å². The minimum atomic E-state index is -0.527. The first kappa shape index (κ1) is 18.9. The van der Waals surface area contributed by atoms with Crippen LogP contribution in [-0.2, 0) is 11.3 Å². The molecule has 2 rings (SSSR count). The standard InChI is InChI=1S/C20H19BrFNO2/c1-2-17(21)10-13-19(16-8-11-18(22)12-9-16)23-20(24)25-14-15-6-4-3-5-7-15/h2-12,19H,1,13-14H2,(H,23,24)/b17-10-. The van der Waals surface area contributed by atoms with E-state index < -0.39 is 6.09 Å². The van der Waals surface area contributed by atoms with Crippen molar-refractivity contribution in [2.45, 2.75) is 19.1 Å². The molecule has 0 radical (unpaired) electrons. The van der Waals surface area contributed by atoms with Crippen molar-refractivity contribution in [1.29, 1.82) is 0 Å². The van der Waals surface area contributed by atoms with Gasteiger partial charge in [0.1, 0.15) is 12.4 Å². The third kappa shape index (κ3) is 6.55. The molecule has 0 heterocycles. The molecule has 2 aromatic carbocycles. The van der Waals surface area contributed by atoms with Crippen molar-refractivity contribution in [3.63, 3.8) is 0 Å². The Balaban J connectivity index is 2.02. The van der Waals surface area contributed by atoms with Crippen LogP contribution in [0, 0.1) is 5.82 Å². The van der Waals surface area contributed by atoms with Crippen LogP contribution in [0.2, 0.25) is 0 Å². The van der Waals surface area contributed by atoms with Crippen molar-refractivity contribution < 1.29 is 13.9 Å². The molecule has 3 nitrogen and oxygen atoms in total. The van der Waals surface area contributed by atoms with Crippen LogP contribution in [-0.4, -0.2) is 6.09 Å². The lowest BCUT2D eigenvalue weighted by Crippen LogP contribution is -2.28. The Kier molecular flexibility index (Phi) is 7.41. The molecule has 25 heavy (non-hydrogen) atoms. The molecule has 5 heteroatoms. The van der Waals surface area contributed by atoms with Crippen molar-refractivity contribution in [1.82, 2.24) is 5.32 Å². The molecule has 130 valence electrons. The normalized spacial score (nSPS) is 12.3. The zero-order chi connectivity index (χ0) is 18.1. The molecule has 0 aliphatic rings. The number of carbonyl (C=O) groups is 1. The van der Waals surface area contributed by atoms with Crippen LogP contribution >= 0.6 is 15.9 Å². The van der Waals surface area contributed by atoms with E-state index in [1.165, 1.54) is 12.1 Å². The van der Waals surface area contributed by atoms with Gasteiger partial charge in [-0.05, 0) is 29.7 Å². The van der Waals surface area contributed by atoms with Gasteiger partial charge in [0.05, 0.1) is 6.04 Å². The maximum absolute atomic E-state index is 13.1. The molecule has 0 saturated heterocycles. The first-order valence-electron chi connectivity index (χ1n) is 7.79. The number of hydrogen-bond acceptors (Lipinski definition) is 2. The summed E-state index contributed by atoms with van der Waals surface area (Å²) in [6, 6.07) is 15.1. The number of alkyl carbamates (subject to hydrolysis) is 1. The van der Waals surface area contributed by atoms with Gasteiger partial charge in [-0.25, -0.2) is 9.18 Å². The number of benzene rings is 2. The fraction of sp³-hybridized carbons (Fsp3) is 0.150. The van der Waals surface area contributed by atoms with Crippen molar-refractivity contribution in [3.8, 4) is 0 Å². The molecule has 0 bridgehead atoms. The van der Waals surface area contributed by atoms with Crippen molar-refractivity contribution in [2.75, 3.05) is 0 Å². The zero-order valence-electron chi connectivity index (χ0n) is 13.6. The maximum atomic E-state index is 13.1. The number of carbonyl (C=O) groups excluding carboxylic acids is 1. The average Bonchev–Trinajstić information content (AvgIpc) is 2.64. The van der Waals surface area contributed by atoms with Gasteiger partial charge in [0.2, 0.25) is 0 Å². The molecule has 0 aliphatic carbocycles. The highest BCUT2D eigenvalue weighted by molar-refractivity contribution is 9.11. The monoisotopic (exact) mass is 403 g/mol. The van der Waals surface area contributed by atoms with Crippen molar-refractivity contribution in [2.24, 2.45) is 0 Å². The second kappa shape index (κ2) is 9.79. The molecule has 0 aromatic heterocycles. The number of amides is 1. The maximum Gasteiger partial charge on any atom is 0.407 e. The van der Waals surface area contributed by atoms with E-state index in [0.717, 1.165) is 15.6 Å². The van der Waals surface area contributed by atoms with Gasteiger partial charge in [-0.2, -0.15) is 0 Å². The van der Waals surface area contributed by atoms with Gasteiger partial charge >= 0.3 is 6.09 Å². The first-order chi connectivity index (χ1) is 12.1. The Hall–Kier alpha value is -2.40. The molecule has 2 aromatic rings. The smallest absolute Gasteiger partial charge is 0.407 e. The highest BCUT2D eigenvalue weighted by atomic mass is 79.9. The van der Waals surface area contributed by atoms with Crippen LogP contribution in [0.25, 0.3) is 0 Å². The van der Waals surface area contributed by atoms with Gasteiger partial charge in [0, 0.05) is 4.48 Å². The average molecular weight is 404 g/mol. The Bertz CT molecular complexity index is 729. The molecule has 1 unspecified atom stereocenters. The quantitative estimate of drug-likeness (QED) is 0.606. The zero-order valence-corrected chi connectivity index (χ0v) is 15.2. The molecule has 0 spiro atoms. The third-order valence-electron chi connectivity index (χ3n) is 3.52. The van der Waals surface area contributed by atoms with E-state index in [9.17, 15) is 9.18 Å². The lowest BCUT2D eigenvalue weighted by molar-refractivity contribution is 0.135. The minimum absolute atomic E-state index is 0.189. The van der Waals surface area contributed by atoms with Crippen LogP contribution in [0.5, 0.6) is 0 Å². The van der Waals surface area contributed by atoms with E-state index in [4.69, 9.17) is 4.74 Å². The molecular formula is C20H19BrFNO2. The summed E-state index contributed by atoms with van der Waals surface area (Å²) in [7, 11) is 0. The van der Waals surface area contributed by atoms with Gasteiger partial charge in [-0.1, -0.05) is 77.1 Å². The second-order valence-corrected chi connectivity index (χ2v) is 6.25. The van der Waals surface area contributed by atoms with Gasteiger partial charge in [0.15, 0.2) is 0 Å². The van der Waals surface area contributed by atoms with E-state index in [0.29, 0.717) is 6.42 Å². The highest BCUT2D eigenvalue weighted by Crippen LogP contribution is 2.20. The number of allylic oxidation sites excluding steroid dienone is 2.